The van der Waals surface area contributed by atoms with Crippen LogP contribution in [0.2, 0.25) is 0 Å². The lowest BCUT2D eigenvalue weighted by Gasteiger charge is -2.10. The molecule has 2 aromatic carbocycles. The number of hydrogen-bond acceptors (Lipinski definition) is 5. The summed E-state index contributed by atoms with van der Waals surface area (Å²) >= 11 is 0. The zero-order valence-electron chi connectivity index (χ0n) is 16.4. The monoisotopic (exact) mass is 422 g/mol. The van der Waals surface area contributed by atoms with Crippen molar-refractivity contribution in [3.05, 3.63) is 48.0 Å². The van der Waals surface area contributed by atoms with Crippen LogP contribution in [0.15, 0.2) is 42.5 Å². The maximum atomic E-state index is 12.4. The van der Waals surface area contributed by atoms with Crippen molar-refractivity contribution in [1.82, 2.24) is 15.1 Å². The lowest BCUT2D eigenvalue weighted by atomic mass is 10.2. The second-order valence-electron chi connectivity index (χ2n) is 6.81. The van der Waals surface area contributed by atoms with Gasteiger partial charge >= 0.3 is 6.36 Å². The molecule has 0 aliphatic heterocycles. The molecule has 30 heavy (non-hydrogen) atoms. The Hall–Kier alpha value is -3.27. The minimum Gasteiger partial charge on any atom is -0.493 e. The Morgan fingerprint density at radius 1 is 1.13 bits per heavy atom. The predicted molar refractivity (Wildman–Crippen MR) is 106 cm³/mol. The van der Waals surface area contributed by atoms with Gasteiger partial charge in [-0.05, 0) is 56.9 Å². The largest absolute Gasteiger partial charge is 0.573 e. The highest BCUT2D eigenvalue weighted by Crippen LogP contribution is 2.26. The van der Waals surface area contributed by atoms with E-state index in [9.17, 15) is 18.0 Å². The highest BCUT2D eigenvalue weighted by molar-refractivity contribution is 6.07. The van der Waals surface area contributed by atoms with E-state index in [0.29, 0.717) is 29.1 Å². The van der Waals surface area contributed by atoms with E-state index in [1.54, 1.807) is 18.2 Å². The van der Waals surface area contributed by atoms with E-state index in [1.807, 2.05) is 14.1 Å². The molecule has 0 aliphatic carbocycles. The quantitative estimate of drug-likeness (QED) is 0.536. The number of aromatic amines is 1. The fourth-order valence-corrected chi connectivity index (χ4v) is 2.74. The van der Waals surface area contributed by atoms with Crippen molar-refractivity contribution in [3.8, 4) is 11.5 Å². The number of nitrogens with zero attached hydrogens (tertiary/aromatic N) is 2. The van der Waals surface area contributed by atoms with E-state index in [1.165, 1.54) is 12.1 Å². The molecule has 160 valence electrons. The number of carbonyl (C=O) groups excluding carboxylic acids is 1. The number of hydrogen-bond donors (Lipinski definition) is 2. The molecule has 0 bridgehead atoms. The first kappa shape index (κ1) is 21.4. The normalized spacial score (nSPS) is 11.7. The van der Waals surface area contributed by atoms with Crippen molar-refractivity contribution in [3.63, 3.8) is 0 Å². The molecule has 7 nitrogen and oxygen atoms in total. The van der Waals surface area contributed by atoms with Gasteiger partial charge in [0.2, 0.25) is 0 Å². The number of anilines is 1. The number of rotatable bonds is 8. The molecule has 10 heteroatoms. The molecule has 0 atom stereocenters. The first-order chi connectivity index (χ1) is 14.2. The van der Waals surface area contributed by atoms with E-state index in [0.717, 1.165) is 25.1 Å². The number of halogens is 3. The number of carbonyl (C=O) groups is 1. The third kappa shape index (κ3) is 5.86. The van der Waals surface area contributed by atoms with Gasteiger partial charge < -0.3 is 19.7 Å². The van der Waals surface area contributed by atoms with E-state index in [2.05, 4.69) is 25.2 Å². The molecule has 1 heterocycles. The molecule has 3 rings (SSSR count). The van der Waals surface area contributed by atoms with Gasteiger partial charge in [0.15, 0.2) is 5.82 Å². The van der Waals surface area contributed by atoms with Crippen LogP contribution in [0.25, 0.3) is 10.9 Å². The third-order valence-corrected chi connectivity index (χ3v) is 4.13. The molecule has 3 aromatic rings. The number of H-pyrrole nitrogens is 1. The van der Waals surface area contributed by atoms with Crippen molar-refractivity contribution in [2.45, 2.75) is 12.8 Å². The average molecular weight is 422 g/mol. The Kier molecular flexibility index (Phi) is 6.46. The first-order valence-corrected chi connectivity index (χ1v) is 9.14. The number of benzene rings is 2. The molecule has 1 aromatic heterocycles. The molecule has 0 radical (unpaired) electrons. The summed E-state index contributed by atoms with van der Waals surface area (Å²) in [5, 5.41) is 10.2. The summed E-state index contributed by atoms with van der Waals surface area (Å²) in [5.41, 5.74) is 0.853. The first-order valence-electron chi connectivity index (χ1n) is 9.14. The summed E-state index contributed by atoms with van der Waals surface area (Å²) in [5.74, 6) is 0.0844. The number of fused-ring (bicyclic) bond motifs is 1. The topological polar surface area (TPSA) is 79.5 Å². The Labute approximate surface area is 170 Å². The maximum Gasteiger partial charge on any atom is 0.573 e. The van der Waals surface area contributed by atoms with Crippen molar-refractivity contribution in [1.29, 1.82) is 0 Å². The SMILES string of the molecule is CN(C)CCCOc1ccc2c(NC(=O)c3ccc(OC(F)(F)F)cc3)n[nH]c2c1. The van der Waals surface area contributed by atoms with Crippen molar-refractivity contribution >= 4 is 22.6 Å². The van der Waals surface area contributed by atoms with Crippen LogP contribution in [-0.4, -0.2) is 54.6 Å². The summed E-state index contributed by atoms with van der Waals surface area (Å²) in [7, 11) is 3.99. The number of nitrogens with one attached hydrogen (secondary N) is 2. The van der Waals surface area contributed by atoms with Crippen LogP contribution < -0.4 is 14.8 Å². The molecule has 0 unspecified atom stereocenters. The molecule has 0 aliphatic rings. The van der Waals surface area contributed by atoms with E-state index in [4.69, 9.17) is 4.74 Å². The van der Waals surface area contributed by atoms with Gasteiger partial charge in [-0.15, -0.1) is 13.2 Å². The molecule has 0 saturated heterocycles. The Bertz CT molecular complexity index is 1000. The minimum atomic E-state index is -4.79. The van der Waals surface area contributed by atoms with Crippen LogP contribution in [0.3, 0.4) is 0 Å². The van der Waals surface area contributed by atoms with Crippen LogP contribution in [0.4, 0.5) is 19.0 Å². The van der Waals surface area contributed by atoms with Gasteiger partial charge in [0, 0.05) is 23.6 Å². The lowest BCUT2D eigenvalue weighted by Crippen LogP contribution is -2.17. The van der Waals surface area contributed by atoms with Gasteiger partial charge in [-0.3, -0.25) is 9.89 Å². The summed E-state index contributed by atoms with van der Waals surface area (Å²) in [6.45, 7) is 1.50. The van der Waals surface area contributed by atoms with Gasteiger partial charge in [0.25, 0.3) is 5.91 Å². The average Bonchev–Trinajstić information content (AvgIpc) is 3.06. The highest BCUT2D eigenvalue weighted by Gasteiger charge is 2.31. The van der Waals surface area contributed by atoms with Crippen LogP contribution in [-0.2, 0) is 0 Å². The van der Waals surface area contributed by atoms with Crippen molar-refractivity contribution in [2.75, 3.05) is 32.6 Å². The summed E-state index contributed by atoms with van der Waals surface area (Å²) < 4.78 is 46.2. The van der Waals surface area contributed by atoms with Gasteiger partial charge in [0.1, 0.15) is 11.5 Å². The number of aromatic nitrogens is 2. The summed E-state index contributed by atoms with van der Waals surface area (Å²) in [6.07, 6.45) is -3.89. The van der Waals surface area contributed by atoms with Gasteiger partial charge in [-0.2, -0.15) is 5.10 Å². The van der Waals surface area contributed by atoms with Crippen molar-refractivity contribution in [2.24, 2.45) is 0 Å². The second-order valence-corrected chi connectivity index (χ2v) is 6.81. The lowest BCUT2D eigenvalue weighted by molar-refractivity contribution is -0.274. The number of ether oxygens (including phenoxy) is 2. The van der Waals surface area contributed by atoms with Crippen LogP contribution in [0.5, 0.6) is 11.5 Å². The van der Waals surface area contributed by atoms with Gasteiger partial charge in [-0.25, -0.2) is 0 Å². The molecular formula is C20H21F3N4O3. The fourth-order valence-electron chi connectivity index (χ4n) is 2.74. The molecule has 1 amide bonds. The zero-order valence-corrected chi connectivity index (χ0v) is 16.4. The molecular weight excluding hydrogens is 401 g/mol. The standard InChI is InChI=1S/C20H21F3N4O3/c1-27(2)10-3-11-29-15-8-9-16-17(12-15)25-26-18(16)24-19(28)13-4-6-14(7-5-13)30-20(21,22)23/h4-9,12H,3,10-11H2,1-2H3,(H2,24,25,26,28). The van der Waals surface area contributed by atoms with Crippen LogP contribution in [0, 0.1) is 0 Å². The van der Waals surface area contributed by atoms with Crippen molar-refractivity contribution < 1.29 is 27.4 Å². The number of alkyl halides is 3. The number of amides is 1. The highest BCUT2D eigenvalue weighted by atomic mass is 19.4. The Morgan fingerprint density at radius 3 is 2.50 bits per heavy atom. The predicted octanol–water partition coefficient (Wildman–Crippen LogP) is 4.04. The van der Waals surface area contributed by atoms with E-state index < -0.39 is 18.0 Å². The van der Waals surface area contributed by atoms with Gasteiger partial charge in [0.05, 0.1) is 12.1 Å². The Balaban J connectivity index is 1.63. The molecule has 0 spiro atoms. The van der Waals surface area contributed by atoms with Gasteiger partial charge in [-0.1, -0.05) is 0 Å². The van der Waals surface area contributed by atoms with Crippen LogP contribution in [0.1, 0.15) is 16.8 Å². The molecule has 0 fully saturated rings. The molecule has 2 N–H and O–H groups in total. The van der Waals surface area contributed by atoms with E-state index >= 15 is 0 Å². The third-order valence-electron chi connectivity index (χ3n) is 4.13. The van der Waals surface area contributed by atoms with E-state index in [-0.39, 0.29) is 5.56 Å². The minimum absolute atomic E-state index is 0.168. The summed E-state index contributed by atoms with van der Waals surface area (Å²) in [4.78, 5) is 14.5. The zero-order chi connectivity index (χ0) is 21.7. The smallest absolute Gasteiger partial charge is 0.493 e. The maximum absolute atomic E-state index is 12.4. The Morgan fingerprint density at radius 2 is 1.83 bits per heavy atom. The summed E-state index contributed by atoms with van der Waals surface area (Å²) in [6, 6.07) is 9.98. The second kappa shape index (κ2) is 9.04. The fraction of sp³-hybridized carbons (Fsp3) is 0.300. The molecule has 0 saturated carbocycles. The van der Waals surface area contributed by atoms with Crippen LogP contribution >= 0.6 is 0 Å².